The van der Waals surface area contributed by atoms with E-state index in [0.29, 0.717) is 12.2 Å². The van der Waals surface area contributed by atoms with Gasteiger partial charge in [0, 0.05) is 6.54 Å². The molecule has 0 aliphatic heterocycles. The normalized spacial score (nSPS) is 10.1. The Morgan fingerprint density at radius 1 is 1.10 bits per heavy atom. The highest BCUT2D eigenvalue weighted by molar-refractivity contribution is 5.57. The van der Waals surface area contributed by atoms with Crippen molar-refractivity contribution in [3.05, 3.63) is 65.0 Å². The molecule has 0 saturated heterocycles. The van der Waals surface area contributed by atoms with Gasteiger partial charge in [-0.25, -0.2) is 4.39 Å². The topological polar surface area (TPSA) is 56.0 Å². The Bertz CT molecular complexity index is 617. The number of hydrogen-bond donors (Lipinski definition) is 2. The summed E-state index contributed by atoms with van der Waals surface area (Å²) in [5.74, 6) is -0.509. The molecule has 0 saturated carbocycles. The van der Waals surface area contributed by atoms with E-state index in [-0.39, 0.29) is 12.2 Å². The molecule has 2 aromatic carbocycles. The van der Waals surface area contributed by atoms with Crippen LogP contribution in [-0.2, 0) is 13.0 Å². The van der Waals surface area contributed by atoms with Crippen molar-refractivity contribution in [1.82, 2.24) is 0 Å². The van der Waals surface area contributed by atoms with Gasteiger partial charge in [0.05, 0.1) is 12.3 Å². The van der Waals surface area contributed by atoms with Crippen molar-refractivity contribution in [2.75, 3.05) is 11.9 Å². The molecule has 0 aliphatic rings. The maximum Gasteiger partial charge on any atom is 0.143 e. The van der Waals surface area contributed by atoms with Crippen LogP contribution >= 0.6 is 0 Å². The minimum atomic E-state index is -0.509. The molecule has 0 bridgehead atoms. The van der Waals surface area contributed by atoms with Gasteiger partial charge in [-0.15, -0.1) is 0 Å². The molecular formula is C16H15FN2O. The first kappa shape index (κ1) is 14.0. The van der Waals surface area contributed by atoms with Gasteiger partial charge in [0.1, 0.15) is 17.4 Å². The van der Waals surface area contributed by atoms with Crippen LogP contribution in [0.15, 0.2) is 42.5 Å². The van der Waals surface area contributed by atoms with Crippen LogP contribution in [-0.4, -0.2) is 11.7 Å². The molecule has 0 atom stereocenters. The summed E-state index contributed by atoms with van der Waals surface area (Å²) in [4.78, 5) is 0. The Labute approximate surface area is 117 Å². The van der Waals surface area contributed by atoms with Crippen LogP contribution < -0.4 is 5.32 Å². The molecule has 102 valence electrons. The van der Waals surface area contributed by atoms with E-state index in [4.69, 9.17) is 10.4 Å². The number of aliphatic hydroxyl groups excluding tert-OH is 1. The van der Waals surface area contributed by atoms with Gasteiger partial charge in [-0.3, -0.25) is 0 Å². The van der Waals surface area contributed by atoms with E-state index in [2.05, 4.69) is 5.32 Å². The highest BCUT2D eigenvalue weighted by Crippen LogP contribution is 2.17. The number of nitrogens with zero attached hydrogens (tertiary/aromatic N) is 1. The maximum atomic E-state index is 13.4. The summed E-state index contributed by atoms with van der Waals surface area (Å²) in [6.07, 6.45) is 0.757. The van der Waals surface area contributed by atoms with Crippen LogP contribution in [0.2, 0.25) is 0 Å². The molecule has 4 heteroatoms. The van der Waals surface area contributed by atoms with Gasteiger partial charge in [0.15, 0.2) is 0 Å². The number of rotatable bonds is 5. The first-order valence-corrected chi connectivity index (χ1v) is 6.35. The number of nitriles is 1. The number of halogens is 1. The molecule has 3 nitrogen and oxygen atoms in total. The van der Waals surface area contributed by atoms with Crippen LogP contribution in [0.4, 0.5) is 10.1 Å². The van der Waals surface area contributed by atoms with Gasteiger partial charge in [-0.05, 0) is 29.7 Å². The number of benzene rings is 2. The zero-order valence-corrected chi connectivity index (χ0v) is 10.9. The van der Waals surface area contributed by atoms with E-state index in [9.17, 15) is 4.39 Å². The second-order valence-corrected chi connectivity index (χ2v) is 4.43. The molecule has 0 aliphatic carbocycles. The second kappa shape index (κ2) is 6.69. The minimum absolute atomic E-state index is 0.0351. The average molecular weight is 270 g/mol. The lowest BCUT2D eigenvalue weighted by atomic mass is 10.1. The molecule has 0 spiro atoms. The number of aliphatic hydroxyl groups is 1. The summed E-state index contributed by atoms with van der Waals surface area (Å²) >= 11 is 0. The van der Waals surface area contributed by atoms with Crippen LogP contribution in [0, 0.1) is 17.1 Å². The average Bonchev–Trinajstić information content (AvgIpc) is 2.48. The number of nitrogens with one attached hydrogen (secondary N) is 1. The lowest BCUT2D eigenvalue weighted by Crippen LogP contribution is -2.07. The molecule has 2 rings (SSSR count). The second-order valence-electron chi connectivity index (χ2n) is 4.43. The van der Waals surface area contributed by atoms with Gasteiger partial charge in [0.2, 0.25) is 0 Å². The largest absolute Gasteiger partial charge is 0.392 e. The molecular weight excluding hydrogens is 255 g/mol. The van der Waals surface area contributed by atoms with Gasteiger partial charge >= 0.3 is 0 Å². The van der Waals surface area contributed by atoms with Crippen molar-refractivity contribution in [2.45, 2.75) is 13.0 Å². The molecule has 2 N–H and O–H groups in total. The summed E-state index contributed by atoms with van der Waals surface area (Å²) in [6, 6.07) is 14.0. The third-order valence-corrected chi connectivity index (χ3v) is 3.06. The minimum Gasteiger partial charge on any atom is -0.392 e. The quantitative estimate of drug-likeness (QED) is 0.878. The van der Waals surface area contributed by atoms with E-state index in [1.165, 1.54) is 6.07 Å². The molecule has 0 amide bonds. The Balaban J connectivity index is 1.96. The fraction of sp³-hybridized carbons (Fsp3) is 0.188. The van der Waals surface area contributed by atoms with Crippen molar-refractivity contribution in [1.29, 1.82) is 5.26 Å². The maximum absolute atomic E-state index is 13.4. The van der Waals surface area contributed by atoms with E-state index >= 15 is 0 Å². The highest BCUT2D eigenvalue weighted by atomic mass is 19.1. The first-order valence-electron chi connectivity index (χ1n) is 6.35. The molecule has 0 heterocycles. The zero-order chi connectivity index (χ0) is 14.4. The lowest BCUT2D eigenvalue weighted by Gasteiger charge is -2.09. The zero-order valence-electron chi connectivity index (χ0n) is 10.9. The van der Waals surface area contributed by atoms with Crippen molar-refractivity contribution in [3.8, 4) is 6.07 Å². The summed E-state index contributed by atoms with van der Waals surface area (Å²) < 4.78 is 13.4. The third-order valence-electron chi connectivity index (χ3n) is 3.06. The van der Waals surface area contributed by atoms with Crippen LogP contribution in [0.1, 0.15) is 16.7 Å². The fourth-order valence-corrected chi connectivity index (χ4v) is 1.94. The van der Waals surface area contributed by atoms with E-state index in [1.807, 2.05) is 30.3 Å². The molecule has 0 radical (unpaired) electrons. The van der Waals surface area contributed by atoms with Gasteiger partial charge in [0.25, 0.3) is 0 Å². The molecule has 2 aromatic rings. The fourth-order valence-electron chi connectivity index (χ4n) is 1.94. The van der Waals surface area contributed by atoms with Gasteiger partial charge in [-0.2, -0.15) is 5.26 Å². The highest BCUT2D eigenvalue weighted by Gasteiger charge is 2.06. The van der Waals surface area contributed by atoms with Crippen molar-refractivity contribution < 1.29 is 9.50 Å². The Kier molecular flexibility index (Phi) is 4.70. The van der Waals surface area contributed by atoms with E-state index < -0.39 is 5.82 Å². The predicted octanol–water partition coefficient (Wildman–Crippen LogP) is 2.84. The molecule has 0 unspecified atom stereocenters. The lowest BCUT2D eigenvalue weighted by molar-refractivity contribution is 0.282. The third kappa shape index (κ3) is 3.34. The SMILES string of the molecule is N#Cc1c(F)cccc1NCCc1ccc(CO)cc1. The molecule has 20 heavy (non-hydrogen) atoms. The van der Waals surface area contributed by atoms with E-state index in [0.717, 1.165) is 17.5 Å². The summed E-state index contributed by atoms with van der Waals surface area (Å²) in [5, 5.41) is 20.9. The Morgan fingerprint density at radius 3 is 2.45 bits per heavy atom. The van der Waals surface area contributed by atoms with Crippen LogP contribution in [0.5, 0.6) is 0 Å². The Hall–Kier alpha value is -2.38. The van der Waals surface area contributed by atoms with Crippen molar-refractivity contribution in [2.24, 2.45) is 0 Å². The van der Waals surface area contributed by atoms with Crippen molar-refractivity contribution in [3.63, 3.8) is 0 Å². The van der Waals surface area contributed by atoms with Crippen molar-refractivity contribution >= 4 is 5.69 Å². The molecule has 0 aromatic heterocycles. The van der Waals surface area contributed by atoms with Gasteiger partial charge < -0.3 is 10.4 Å². The first-order chi connectivity index (χ1) is 9.74. The standard InChI is InChI=1S/C16H15FN2O/c17-15-2-1-3-16(14(15)10-18)19-9-8-12-4-6-13(11-20)7-5-12/h1-7,19-20H,8-9,11H2. The monoisotopic (exact) mass is 270 g/mol. The summed E-state index contributed by atoms with van der Waals surface area (Å²) in [5.41, 5.74) is 2.55. The summed E-state index contributed by atoms with van der Waals surface area (Å²) in [7, 11) is 0. The smallest absolute Gasteiger partial charge is 0.143 e. The predicted molar refractivity (Wildman–Crippen MR) is 75.7 cm³/mol. The number of anilines is 1. The van der Waals surface area contributed by atoms with Gasteiger partial charge in [-0.1, -0.05) is 30.3 Å². The Morgan fingerprint density at radius 2 is 1.80 bits per heavy atom. The summed E-state index contributed by atoms with van der Waals surface area (Å²) in [6.45, 7) is 0.643. The van der Waals surface area contributed by atoms with Crippen LogP contribution in [0.25, 0.3) is 0 Å². The molecule has 0 fully saturated rings. The van der Waals surface area contributed by atoms with E-state index in [1.54, 1.807) is 12.1 Å². The van der Waals surface area contributed by atoms with Crippen LogP contribution in [0.3, 0.4) is 0 Å². The number of hydrogen-bond acceptors (Lipinski definition) is 3.